The second kappa shape index (κ2) is 7.40. The van der Waals surface area contributed by atoms with Crippen LogP contribution in [0.2, 0.25) is 0 Å². The second-order valence-corrected chi connectivity index (χ2v) is 5.55. The van der Waals surface area contributed by atoms with E-state index in [1.54, 1.807) is 7.11 Å². The summed E-state index contributed by atoms with van der Waals surface area (Å²) in [6.45, 7) is 5.27. The lowest BCUT2D eigenvalue weighted by atomic mass is 10.2. The van der Waals surface area contributed by atoms with Gasteiger partial charge in [-0.15, -0.1) is 0 Å². The predicted octanol–water partition coefficient (Wildman–Crippen LogP) is 3.03. The molecule has 1 aromatic carbocycles. The molecule has 0 bridgehead atoms. The Morgan fingerprint density at radius 2 is 2.12 bits per heavy atom. The van der Waals surface area contributed by atoms with E-state index in [0.717, 1.165) is 34.6 Å². The first-order valence-electron chi connectivity index (χ1n) is 8.27. The molecule has 0 atom stereocenters. The summed E-state index contributed by atoms with van der Waals surface area (Å²) in [5.41, 5.74) is 2.96. The first kappa shape index (κ1) is 17.0. The Kier molecular flexibility index (Phi) is 5.04. The highest BCUT2D eigenvalue weighted by molar-refractivity contribution is 5.92. The topological polar surface area (TPSA) is 81.2 Å². The number of hydrogen-bond donors (Lipinski definition) is 2. The first-order valence-corrected chi connectivity index (χ1v) is 8.27. The molecule has 2 N–H and O–H groups in total. The number of amides is 1. The summed E-state index contributed by atoms with van der Waals surface area (Å²) in [4.78, 5) is 11.7. The molecule has 0 radical (unpaired) electrons. The van der Waals surface area contributed by atoms with E-state index < -0.39 is 0 Å². The van der Waals surface area contributed by atoms with Crippen LogP contribution in [-0.4, -0.2) is 41.0 Å². The van der Waals surface area contributed by atoms with Gasteiger partial charge in [0, 0.05) is 30.1 Å². The molecule has 3 aromatic rings. The number of anilines is 1. The van der Waals surface area contributed by atoms with Crippen molar-refractivity contribution in [1.82, 2.24) is 14.8 Å². The average molecular weight is 342 g/mol. The highest BCUT2D eigenvalue weighted by atomic mass is 16.5. The number of nitrogens with zero attached hydrogens (tertiary/aromatic N) is 2. The fourth-order valence-electron chi connectivity index (χ4n) is 2.83. The molecule has 2 aromatic heterocycles. The van der Waals surface area contributed by atoms with E-state index in [1.807, 2.05) is 31.2 Å². The van der Waals surface area contributed by atoms with Crippen molar-refractivity contribution < 1.29 is 14.3 Å². The normalized spacial score (nSPS) is 11.0. The van der Waals surface area contributed by atoms with Crippen LogP contribution < -0.4 is 10.1 Å². The van der Waals surface area contributed by atoms with E-state index in [1.165, 1.54) is 0 Å². The molecule has 0 saturated carbocycles. The van der Waals surface area contributed by atoms with Gasteiger partial charge in [-0.3, -0.25) is 9.89 Å². The van der Waals surface area contributed by atoms with E-state index in [-0.39, 0.29) is 12.5 Å². The smallest absolute Gasteiger partial charge is 0.251 e. The van der Waals surface area contributed by atoms with Crippen molar-refractivity contribution in [2.24, 2.45) is 0 Å². The zero-order valence-corrected chi connectivity index (χ0v) is 14.6. The first-order chi connectivity index (χ1) is 12.2. The largest absolute Gasteiger partial charge is 0.497 e. The van der Waals surface area contributed by atoms with Crippen LogP contribution in [0.25, 0.3) is 22.3 Å². The average Bonchev–Trinajstić information content (AvgIpc) is 3.22. The standard InChI is InChI=1S/C18H22N4O3/c1-4-22-15-7-6-13(24-3)8-12(15)9-16(22)14-10-17(21-20-14)19-18(23)11-25-5-2/h6-10H,4-5,11H2,1-3H3,(H2,19,20,21,23). The van der Waals surface area contributed by atoms with Crippen LogP contribution in [0.1, 0.15) is 13.8 Å². The van der Waals surface area contributed by atoms with Gasteiger partial charge < -0.3 is 19.4 Å². The van der Waals surface area contributed by atoms with Crippen molar-refractivity contribution in [2.45, 2.75) is 20.4 Å². The molecule has 0 aliphatic rings. The summed E-state index contributed by atoms with van der Waals surface area (Å²) < 4.78 is 12.6. The van der Waals surface area contributed by atoms with E-state index in [9.17, 15) is 4.79 Å². The van der Waals surface area contributed by atoms with Gasteiger partial charge in [-0.1, -0.05) is 0 Å². The minimum absolute atomic E-state index is 0.0215. The molecule has 0 spiro atoms. The number of rotatable bonds is 7. The van der Waals surface area contributed by atoms with Crippen molar-refractivity contribution in [3.05, 3.63) is 30.3 Å². The Labute approximate surface area is 145 Å². The Balaban J connectivity index is 1.90. The summed E-state index contributed by atoms with van der Waals surface area (Å²) in [6.07, 6.45) is 0. The summed E-state index contributed by atoms with van der Waals surface area (Å²) in [7, 11) is 1.66. The van der Waals surface area contributed by atoms with E-state index >= 15 is 0 Å². The lowest BCUT2D eigenvalue weighted by Crippen LogP contribution is -2.18. The number of aromatic amines is 1. The van der Waals surface area contributed by atoms with Crippen LogP contribution in [0.5, 0.6) is 5.75 Å². The number of ether oxygens (including phenoxy) is 2. The number of carbonyl (C=O) groups excluding carboxylic acids is 1. The summed E-state index contributed by atoms with van der Waals surface area (Å²) in [6, 6.07) is 9.90. The zero-order chi connectivity index (χ0) is 17.8. The SMILES string of the molecule is CCOCC(=O)Nc1cc(-c2cc3cc(OC)ccc3n2CC)[nH]n1. The van der Waals surface area contributed by atoms with Gasteiger partial charge in [0.1, 0.15) is 12.4 Å². The number of aryl methyl sites for hydroxylation is 1. The predicted molar refractivity (Wildman–Crippen MR) is 96.9 cm³/mol. The van der Waals surface area contributed by atoms with Gasteiger partial charge in [0.15, 0.2) is 5.82 Å². The number of nitrogens with one attached hydrogen (secondary N) is 2. The van der Waals surface area contributed by atoms with E-state index in [4.69, 9.17) is 9.47 Å². The number of hydrogen-bond acceptors (Lipinski definition) is 4. The summed E-state index contributed by atoms with van der Waals surface area (Å²) >= 11 is 0. The van der Waals surface area contributed by atoms with Crippen LogP contribution in [0, 0.1) is 0 Å². The van der Waals surface area contributed by atoms with Crippen molar-refractivity contribution in [2.75, 3.05) is 25.6 Å². The molecule has 1 amide bonds. The van der Waals surface area contributed by atoms with Crippen molar-refractivity contribution >= 4 is 22.6 Å². The zero-order valence-electron chi connectivity index (χ0n) is 14.6. The van der Waals surface area contributed by atoms with Crippen LogP contribution in [-0.2, 0) is 16.1 Å². The fraction of sp³-hybridized carbons (Fsp3) is 0.333. The molecule has 3 rings (SSSR count). The number of benzene rings is 1. The molecule has 0 aliphatic carbocycles. The Morgan fingerprint density at radius 3 is 2.84 bits per heavy atom. The minimum Gasteiger partial charge on any atom is -0.497 e. The van der Waals surface area contributed by atoms with Crippen LogP contribution in [0.4, 0.5) is 5.82 Å². The lowest BCUT2D eigenvalue weighted by molar-refractivity contribution is -0.120. The molecular formula is C18H22N4O3. The molecule has 0 fully saturated rings. The van der Waals surface area contributed by atoms with Gasteiger partial charge >= 0.3 is 0 Å². The molecule has 0 saturated heterocycles. The maximum absolute atomic E-state index is 11.7. The number of fused-ring (bicyclic) bond motifs is 1. The number of aromatic nitrogens is 3. The van der Waals surface area contributed by atoms with Gasteiger partial charge in [0.05, 0.1) is 18.5 Å². The quantitative estimate of drug-likeness (QED) is 0.691. The molecule has 7 nitrogen and oxygen atoms in total. The highest BCUT2D eigenvalue weighted by Crippen LogP contribution is 2.30. The van der Waals surface area contributed by atoms with Gasteiger partial charge in [0.25, 0.3) is 5.91 Å². The molecular weight excluding hydrogens is 320 g/mol. The second-order valence-electron chi connectivity index (χ2n) is 5.55. The Morgan fingerprint density at radius 1 is 1.28 bits per heavy atom. The van der Waals surface area contributed by atoms with Crippen LogP contribution >= 0.6 is 0 Å². The molecule has 132 valence electrons. The Hall–Kier alpha value is -2.80. The monoisotopic (exact) mass is 342 g/mol. The molecule has 25 heavy (non-hydrogen) atoms. The number of H-pyrrole nitrogens is 1. The summed E-state index contributed by atoms with van der Waals surface area (Å²) in [5, 5.41) is 11.0. The van der Waals surface area contributed by atoms with Crippen LogP contribution in [0.3, 0.4) is 0 Å². The van der Waals surface area contributed by atoms with Crippen molar-refractivity contribution in [1.29, 1.82) is 0 Å². The maximum Gasteiger partial charge on any atom is 0.251 e. The number of carbonyl (C=O) groups is 1. The number of methoxy groups -OCH3 is 1. The van der Waals surface area contributed by atoms with Crippen molar-refractivity contribution in [3.63, 3.8) is 0 Å². The molecule has 2 heterocycles. The van der Waals surface area contributed by atoms with Gasteiger partial charge in [-0.05, 0) is 38.1 Å². The van der Waals surface area contributed by atoms with E-state index in [2.05, 4.69) is 33.1 Å². The third-order valence-corrected chi connectivity index (χ3v) is 3.98. The van der Waals surface area contributed by atoms with Gasteiger partial charge in [0.2, 0.25) is 0 Å². The third kappa shape index (κ3) is 3.51. The van der Waals surface area contributed by atoms with Gasteiger partial charge in [-0.2, -0.15) is 5.10 Å². The molecule has 0 aliphatic heterocycles. The maximum atomic E-state index is 11.7. The Bertz CT molecular complexity index is 882. The highest BCUT2D eigenvalue weighted by Gasteiger charge is 2.13. The van der Waals surface area contributed by atoms with E-state index in [0.29, 0.717) is 12.4 Å². The minimum atomic E-state index is -0.222. The van der Waals surface area contributed by atoms with Gasteiger partial charge in [-0.25, -0.2) is 0 Å². The lowest BCUT2D eigenvalue weighted by Gasteiger charge is -2.06. The third-order valence-electron chi connectivity index (χ3n) is 3.98. The molecule has 7 heteroatoms. The summed E-state index contributed by atoms with van der Waals surface area (Å²) in [5.74, 6) is 1.08. The fourth-order valence-corrected chi connectivity index (χ4v) is 2.83. The van der Waals surface area contributed by atoms with Crippen molar-refractivity contribution in [3.8, 4) is 17.1 Å². The van der Waals surface area contributed by atoms with Crippen LogP contribution in [0.15, 0.2) is 30.3 Å². The molecule has 0 unspecified atom stereocenters.